The Bertz CT molecular complexity index is 429. The van der Waals surface area contributed by atoms with Crippen molar-refractivity contribution in [2.45, 2.75) is 31.9 Å². The summed E-state index contributed by atoms with van der Waals surface area (Å²) >= 11 is 0. The fourth-order valence-corrected chi connectivity index (χ4v) is 2.62. The minimum atomic E-state index is -0.287. The third-order valence-corrected chi connectivity index (χ3v) is 3.74. The van der Waals surface area contributed by atoms with E-state index in [0.29, 0.717) is 12.6 Å². The third-order valence-electron chi connectivity index (χ3n) is 3.74. The predicted octanol–water partition coefficient (Wildman–Crippen LogP) is 1.22. The maximum atomic E-state index is 9.31. The van der Waals surface area contributed by atoms with E-state index in [4.69, 9.17) is 10.5 Å². The monoisotopic (exact) mass is 279 g/mol. The Morgan fingerprint density at radius 3 is 2.75 bits per heavy atom. The molecule has 1 atom stereocenters. The lowest BCUT2D eigenvalue weighted by molar-refractivity contribution is 0.183. The van der Waals surface area contributed by atoms with Crippen LogP contribution in [0.4, 0.5) is 11.4 Å². The summed E-state index contributed by atoms with van der Waals surface area (Å²) in [6.45, 7) is 4.44. The van der Waals surface area contributed by atoms with Crippen molar-refractivity contribution in [3.05, 3.63) is 18.2 Å². The van der Waals surface area contributed by atoms with Gasteiger partial charge in [-0.3, -0.25) is 0 Å². The van der Waals surface area contributed by atoms with Crippen LogP contribution < -0.4 is 20.7 Å². The molecule has 1 fully saturated rings. The van der Waals surface area contributed by atoms with E-state index in [-0.39, 0.29) is 6.10 Å². The van der Waals surface area contributed by atoms with Gasteiger partial charge in [-0.2, -0.15) is 0 Å². The normalized spacial score (nSPS) is 18.1. The second kappa shape index (κ2) is 6.81. The zero-order valence-corrected chi connectivity index (χ0v) is 12.3. The molecule has 1 aromatic carbocycles. The number of hydrogen-bond donors (Lipinski definition) is 3. The molecule has 0 bridgehead atoms. The van der Waals surface area contributed by atoms with Crippen molar-refractivity contribution in [3.63, 3.8) is 0 Å². The van der Waals surface area contributed by atoms with E-state index in [1.54, 1.807) is 14.0 Å². The largest absolute Gasteiger partial charge is 0.495 e. The zero-order chi connectivity index (χ0) is 14.5. The number of nitrogen functional groups attached to an aromatic ring is 1. The van der Waals surface area contributed by atoms with Crippen molar-refractivity contribution in [3.8, 4) is 5.75 Å². The highest BCUT2D eigenvalue weighted by molar-refractivity contribution is 5.64. The fraction of sp³-hybridized carbons (Fsp3) is 0.600. The van der Waals surface area contributed by atoms with Gasteiger partial charge in [0.05, 0.1) is 18.9 Å². The first-order valence-electron chi connectivity index (χ1n) is 7.20. The molecule has 0 spiro atoms. The first kappa shape index (κ1) is 14.9. The number of rotatable bonds is 5. The van der Waals surface area contributed by atoms with Gasteiger partial charge in [-0.05, 0) is 31.9 Å². The molecule has 2 rings (SSSR count). The molecule has 1 aliphatic heterocycles. The van der Waals surface area contributed by atoms with Crippen LogP contribution in [0.3, 0.4) is 0 Å². The van der Waals surface area contributed by atoms with E-state index >= 15 is 0 Å². The number of methoxy groups -OCH3 is 1. The molecule has 1 unspecified atom stereocenters. The van der Waals surface area contributed by atoms with E-state index < -0.39 is 0 Å². The van der Waals surface area contributed by atoms with Crippen LogP contribution in [0, 0.1) is 0 Å². The van der Waals surface area contributed by atoms with Gasteiger partial charge in [-0.15, -0.1) is 0 Å². The highest BCUT2D eigenvalue weighted by Gasteiger charge is 2.21. The molecule has 1 aromatic rings. The number of piperidine rings is 1. The van der Waals surface area contributed by atoms with Gasteiger partial charge in [-0.1, -0.05) is 0 Å². The van der Waals surface area contributed by atoms with Crippen molar-refractivity contribution in [1.29, 1.82) is 0 Å². The Morgan fingerprint density at radius 1 is 1.45 bits per heavy atom. The molecule has 5 heteroatoms. The van der Waals surface area contributed by atoms with Gasteiger partial charge in [0, 0.05) is 37.4 Å². The molecule has 0 radical (unpaired) electrons. The highest BCUT2D eigenvalue weighted by Crippen LogP contribution is 2.32. The van der Waals surface area contributed by atoms with Gasteiger partial charge in [0.1, 0.15) is 5.75 Å². The van der Waals surface area contributed by atoms with Crippen LogP contribution in [0.2, 0.25) is 0 Å². The van der Waals surface area contributed by atoms with Gasteiger partial charge in [0.25, 0.3) is 0 Å². The van der Waals surface area contributed by atoms with Gasteiger partial charge < -0.3 is 25.8 Å². The van der Waals surface area contributed by atoms with E-state index in [9.17, 15) is 5.11 Å². The minimum Gasteiger partial charge on any atom is -0.495 e. The number of anilines is 2. The summed E-state index contributed by atoms with van der Waals surface area (Å²) in [5.41, 5.74) is 7.62. The Kier molecular flexibility index (Phi) is 5.09. The molecule has 0 saturated carbocycles. The number of nitrogens with two attached hydrogens (primary N) is 1. The maximum absolute atomic E-state index is 9.31. The Hall–Kier alpha value is -1.46. The molecule has 1 saturated heterocycles. The minimum absolute atomic E-state index is 0.287. The molecule has 4 N–H and O–H groups in total. The molecular formula is C15H25N3O2. The third kappa shape index (κ3) is 3.77. The number of ether oxygens (including phenoxy) is 1. The summed E-state index contributed by atoms with van der Waals surface area (Å²) in [4.78, 5) is 2.33. The smallest absolute Gasteiger partial charge is 0.144 e. The lowest BCUT2D eigenvalue weighted by Gasteiger charge is -2.35. The first-order chi connectivity index (χ1) is 9.60. The first-order valence-corrected chi connectivity index (χ1v) is 7.20. The molecule has 20 heavy (non-hydrogen) atoms. The van der Waals surface area contributed by atoms with Gasteiger partial charge >= 0.3 is 0 Å². The second-order valence-corrected chi connectivity index (χ2v) is 5.45. The van der Waals surface area contributed by atoms with Gasteiger partial charge in [-0.25, -0.2) is 0 Å². The standard InChI is InChI=1S/C15H25N3O2/c1-11(19)10-17-13-5-7-18(8-6-13)14-4-3-12(16)9-15(14)20-2/h3-4,9,11,13,17,19H,5-8,10,16H2,1-2H3. The van der Waals surface area contributed by atoms with Crippen molar-refractivity contribution < 1.29 is 9.84 Å². The fourth-order valence-electron chi connectivity index (χ4n) is 2.62. The second-order valence-electron chi connectivity index (χ2n) is 5.45. The van der Waals surface area contributed by atoms with E-state index in [1.165, 1.54) is 0 Å². The van der Waals surface area contributed by atoms with Crippen LogP contribution in [0.1, 0.15) is 19.8 Å². The number of nitrogens with zero attached hydrogens (tertiary/aromatic N) is 1. The Balaban J connectivity index is 1.93. The summed E-state index contributed by atoms with van der Waals surface area (Å²) in [7, 11) is 1.68. The summed E-state index contributed by atoms with van der Waals surface area (Å²) in [6, 6.07) is 6.29. The van der Waals surface area contributed by atoms with Crippen LogP contribution in [-0.4, -0.2) is 44.0 Å². The zero-order valence-electron chi connectivity index (χ0n) is 12.3. The highest BCUT2D eigenvalue weighted by atomic mass is 16.5. The summed E-state index contributed by atoms with van der Waals surface area (Å²) in [6.07, 6.45) is 1.85. The molecule has 5 nitrogen and oxygen atoms in total. The molecular weight excluding hydrogens is 254 g/mol. The molecule has 0 amide bonds. The summed E-state index contributed by atoms with van der Waals surface area (Å²) < 4.78 is 5.41. The Morgan fingerprint density at radius 2 is 2.15 bits per heavy atom. The summed E-state index contributed by atoms with van der Waals surface area (Å²) in [5.74, 6) is 0.834. The molecule has 1 aliphatic rings. The molecule has 0 aromatic heterocycles. The number of aliphatic hydroxyl groups excluding tert-OH is 1. The topological polar surface area (TPSA) is 70.8 Å². The number of benzene rings is 1. The quantitative estimate of drug-likeness (QED) is 0.707. The van der Waals surface area contributed by atoms with Crippen LogP contribution in [0.25, 0.3) is 0 Å². The van der Waals surface area contributed by atoms with Crippen LogP contribution in [0.15, 0.2) is 18.2 Å². The van der Waals surface area contributed by atoms with Crippen molar-refractivity contribution >= 4 is 11.4 Å². The van der Waals surface area contributed by atoms with Gasteiger partial charge in [0.15, 0.2) is 0 Å². The number of aliphatic hydroxyl groups is 1. The van der Waals surface area contributed by atoms with E-state index in [1.807, 2.05) is 18.2 Å². The van der Waals surface area contributed by atoms with E-state index in [0.717, 1.165) is 43.1 Å². The molecule has 112 valence electrons. The van der Waals surface area contributed by atoms with Crippen molar-refractivity contribution in [2.24, 2.45) is 0 Å². The molecule has 1 heterocycles. The lowest BCUT2D eigenvalue weighted by atomic mass is 10.0. The van der Waals surface area contributed by atoms with Gasteiger partial charge in [0.2, 0.25) is 0 Å². The number of nitrogens with one attached hydrogen (secondary N) is 1. The summed E-state index contributed by atoms with van der Waals surface area (Å²) in [5, 5.41) is 12.7. The van der Waals surface area contributed by atoms with Crippen LogP contribution in [0.5, 0.6) is 5.75 Å². The molecule has 0 aliphatic carbocycles. The average Bonchev–Trinajstić information content (AvgIpc) is 2.45. The van der Waals surface area contributed by atoms with Crippen LogP contribution in [-0.2, 0) is 0 Å². The van der Waals surface area contributed by atoms with Crippen molar-refractivity contribution in [2.75, 3.05) is 37.4 Å². The average molecular weight is 279 g/mol. The number of hydrogen-bond acceptors (Lipinski definition) is 5. The Labute approximate surface area is 120 Å². The van der Waals surface area contributed by atoms with Crippen LogP contribution >= 0.6 is 0 Å². The predicted molar refractivity (Wildman–Crippen MR) is 82.3 cm³/mol. The SMILES string of the molecule is COc1cc(N)ccc1N1CCC(NCC(C)O)CC1. The van der Waals surface area contributed by atoms with Crippen molar-refractivity contribution in [1.82, 2.24) is 5.32 Å². The maximum Gasteiger partial charge on any atom is 0.144 e. The van der Waals surface area contributed by atoms with E-state index in [2.05, 4.69) is 10.2 Å². The lowest BCUT2D eigenvalue weighted by Crippen LogP contribution is -2.44.